The van der Waals surface area contributed by atoms with Crippen molar-refractivity contribution in [3.8, 4) is 5.75 Å². The van der Waals surface area contributed by atoms with Gasteiger partial charge in [-0.2, -0.15) is 4.31 Å². The van der Waals surface area contributed by atoms with Gasteiger partial charge >= 0.3 is 0 Å². The van der Waals surface area contributed by atoms with Crippen LogP contribution in [0.4, 0.5) is 5.69 Å². The molecule has 0 bridgehead atoms. The van der Waals surface area contributed by atoms with E-state index in [1.165, 1.54) is 0 Å². The Hall–Kier alpha value is -2.38. The number of rotatable bonds is 7. The Labute approximate surface area is 179 Å². The minimum Gasteiger partial charge on any atom is -0.481 e. The average Bonchev–Trinajstić information content (AvgIpc) is 3.02. The van der Waals surface area contributed by atoms with Gasteiger partial charge in [0.1, 0.15) is 5.75 Å². The van der Waals surface area contributed by atoms with Crippen molar-refractivity contribution in [2.45, 2.75) is 57.0 Å². The van der Waals surface area contributed by atoms with Gasteiger partial charge in [-0.05, 0) is 68.1 Å². The van der Waals surface area contributed by atoms with Gasteiger partial charge in [0.15, 0.2) is 6.10 Å². The third kappa shape index (κ3) is 5.61. The quantitative estimate of drug-likeness (QED) is 0.708. The number of nitrogens with zero attached hydrogens (tertiary/aromatic N) is 1. The molecule has 0 saturated carbocycles. The molecule has 1 fully saturated rings. The topological polar surface area (TPSA) is 75.7 Å². The van der Waals surface area contributed by atoms with Gasteiger partial charge in [0.05, 0.1) is 4.90 Å². The summed E-state index contributed by atoms with van der Waals surface area (Å²) in [6.45, 7) is 4.98. The van der Waals surface area contributed by atoms with Crippen molar-refractivity contribution in [3.05, 3.63) is 54.1 Å². The fourth-order valence-electron chi connectivity index (χ4n) is 3.54. The molecule has 2 aromatic carbocycles. The number of carbonyl (C=O) groups is 1. The van der Waals surface area contributed by atoms with Gasteiger partial charge in [0.25, 0.3) is 5.91 Å². The molecule has 1 atom stereocenters. The first kappa shape index (κ1) is 22.3. The lowest BCUT2D eigenvalue weighted by molar-refractivity contribution is -0.122. The number of hydrogen-bond acceptors (Lipinski definition) is 4. The number of carbonyl (C=O) groups excluding carboxylic acids is 1. The van der Waals surface area contributed by atoms with Crippen LogP contribution in [0.3, 0.4) is 0 Å². The Balaban J connectivity index is 1.66. The van der Waals surface area contributed by atoms with E-state index in [9.17, 15) is 13.2 Å². The molecule has 1 heterocycles. The molecule has 1 aliphatic rings. The zero-order chi connectivity index (χ0) is 21.6. The summed E-state index contributed by atoms with van der Waals surface area (Å²) in [5, 5.41) is 2.82. The van der Waals surface area contributed by atoms with E-state index in [0.717, 1.165) is 31.2 Å². The average molecular weight is 431 g/mol. The Morgan fingerprint density at radius 3 is 2.33 bits per heavy atom. The van der Waals surface area contributed by atoms with Gasteiger partial charge < -0.3 is 10.1 Å². The van der Waals surface area contributed by atoms with Crippen molar-refractivity contribution in [2.24, 2.45) is 0 Å². The van der Waals surface area contributed by atoms with Gasteiger partial charge in [-0.3, -0.25) is 4.79 Å². The molecule has 6 nitrogen and oxygen atoms in total. The van der Waals surface area contributed by atoms with Crippen LogP contribution in [-0.4, -0.2) is 37.8 Å². The van der Waals surface area contributed by atoms with E-state index in [2.05, 4.69) is 5.32 Å². The number of nitrogens with one attached hydrogen (secondary N) is 1. The number of anilines is 1. The minimum absolute atomic E-state index is 0.255. The molecule has 7 heteroatoms. The molecule has 0 unspecified atom stereocenters. The summed E-state index contributed by atoms with van der Waals surface area (Å²) in [5.74, 6) is 0.387. The van der Waals surface area contributed by atoms with Crippen molar-refractivity contribution in [1.82, 2.24) is 4.31 Å². The number of hydrogen-bond donors (Lipinski definition) is 1. The Morgan fingerprint density at radius 1 is 1.07 bits per heavy atom. The molecule has 0 aliphatic carbocycles. The Bertz CT molecular complexity index is 949. The highest BCUT2D eigenvalue weighted by molar-refractivity contribution is 7.89. The lowest BCUT2D eigenvalue weighted by Crippen LogP contribution is -2.33. The van der Waals surface area contributed by atoms with Crippen molar-refractivity contribution >= 4 is 21.6 Å². The van der Waals surface area contributed by atoms with E-state index < -0.39 is 16.1 Å². The van der Waals surface area contributed by atoms with E-state index in [0.29, 0.717) is 30.9 Å². The molecule has 0 radical (unpaired) electrons. The maximum absolute atomic E-state index is 12.9. The Morgan fingerprint density at radius 2 is 1.73 bits per heavy atom. The summed E-state index contributed by atoms with van der Waals surface area (Å²) >= 11 is 0. The SMILES string of the molecule is CC[C@H](Oc1cccc(C)c1)C(=O)Nc1ccc(S(=O)(=O)N2CCCCCC2)cc1. The van der Waals surface area contributed by atoms with Gasteiger partial charge in [-0.25, -0.2) is 8.42 Å². The Kier molecular flexibility index (Phi) is 7.50. The second-order valence-electron chi connectivity index (χ2n) is 7.66. The second kappa shape index (κ2) is 10.1. The highest BCUT2D eigenvalue weighted by Gasteiger charge is 2.25. The van der Waals surface area contributed by atoms with Crippen LogP contribution in [0.1, 0.15) is 44.6 Å². The van der Waals surface area contributed by atoms with Gasteiger partial charge in [0.2, 0.25) is 10.0 Å². The maximum atomic E-state index is 12.9. The van der Waals surface area contributed by atoms with Crippen LogP contribution in [0.15, 0.2) is 53.4 Å². The molecule has 162 valence electrons. The summed E-state index contributed by atoms with van der Waals surface area (Å²) in [6.07, 6.45) is 3.81. The first-order chi connectivity index (χ1) is 14.4. The van der Waals surface area contributed by atoms with Crippen molar-refractivity contribution in [1.29, 1.82) is 0 Å². The summed E-state index contributed by atoms with van der Waals surface area (Å²) in [7, 11) is -3.50. The number of benzene rings is 2. The lowest BCUT2D eigenvalue weighted by atomic mass is 10.2. The molecule has 0 aromatic heterocycles. The van der Waals surface area contributed by atoms with Crippen LogP contribution in [0.5, 0.6) is 5.75 Å². The van der Waals surface area contributed by atoms with Gasteiger partial charge in [0, 0.05) is 18.8 Å². The largest absolute Gasteiger partial charge is 0.481 e. The molecule has 1 saturated heterocycles. The van der Waals surface area contributed by atoms with E-state index in [4.69, 9.17) is 4.74 Å². The predicted octanol–water partition coefficient (Wildman–Crippen LogP) is 4.36. The zero-order valence-electron chi connectivity index (χ0n) is 17.6. The maximum Gasteiger partial charge on any atom is 0.265 e. The van der Waals surface area contributed by atoms with Crippen molar-refractivity contribution < 1.29 is 17.9 Å². The smallest absolute Gasteiger partial charge is 0.265 e. The minimum atomic E-state index is -3.50. The van der Waals surface area contributed by atoms with E-state index in [1.807, 2.05) is 38.1 Å². The molecule has 0 spiro atoms. The number of amides is 1. The fourth-order valence-corrected chi connectivity index (χ4v) is 5.06. The third-order valence-electron chi connectivity index (χ3n) is 5.26. The first-order valence-corrected chi connectivity index (χ1v) is 12.0. The van der Waals surface area contributed by atoms with E-state index in [1.54, 1.807) is 28.6 Å². The normalized spacial score (nSPS) is 16.5. The zero-order valence-corrected chi connectivity index (χ0v) is 18.5. The highest BCUT2D eigenvalue weighted by atomic mass is 32.2. The van der Waals surface area contributed by atoms with Gasteiger partial charge in [-0.1, -0.05) is 31.9 Å². The lowest BCUT2D eigenvalue weighted by Gasteiger charge is -2.20. The van der Waals surface area contributed by atoms with Crippen LogP contribution in [0, 0.1) is 6.92 Å². The van der Waals surface area contributed by atoms with Crippen LogP contribution in [0.25, 0.3) is 0 Å². The standard InChI is InChI=1S/C23H30N2O4S/c1-3-22(29-20-10-8-9-18(2)17-20)23(26)24-19-11-13-21(14-12-19)30(27,28)25-15-6-4-5-7-16-25/h8-14,17,22H,3-7,15-16H2,1-2H3,(H,24,26)/t22-/m0/s1. The predicted molar refractivity (Wildman–Crippen MR) is 118 cm³/mol. The summed E-state index contributed by atoms with van der Waals surface area (Å²) in [4.78, 5) is 12.9. The molecule has 2 aromatic rings. The monoisotopic (exact) mass is 430 g/mol. The van der Waals surface area contributed by atoms with Crippen LogP contribution in [-0.2, 0) is 14.8 Å². The molecule has 30 heavy (non-hydrogen) atoms. The number of sulfonamides is 1. The summed E-state index contributed by atoms with van der Waals surface area (Å²) in [5.41, 5.74) is 1.60. The molecular weight excluding hydrogens is 400 g/mol. The molecule has 3 rings (SSSR count). The van der Waals surface area contributed by atoms with Crippen LogP contribution < -0.4 is 10.1 Å². The molecule has 1 amide bonds. The molecule has 1 N–H and O–H groups in total. The number of aryl methyl sites for hydroxylation is 1. The van der Waals surface area contributed by atoms with Crippen LogP contribution >= 0.6 is 0 Å². The van der Waals surface area contributed by atoms with Gasteiger partial charge in [-0.15, -0.1) is 0 Å². The van der Waals surface area contributed by atoms with Crippen LogP contribution in [0.2, 0.25) is 0 Å². The second-order valence-corrected chi connectivity index (χ2v) is 9.60. The number of ether oxygens (including phenoxy) is 1. The molecular formula is C23H30N2O4S. The van der Waals surface area contributed by atoms with Crippen molar-refractivity contribution in [2.75, 3.05) is 18.4 Å². The summed E-state index contributed by atoms with van der Waals surface area (Å²) in [6, 6.07) is 13.9. The van der Waals surface area contributed by atoms with E-state index in [-0.39, 0.29) is 10.8 Å². The van der Waals surface area contributed by atoms with E-state index >= 15 is 0 Å². The highest BCUT2D eigenvalue weighted by Crippen LogP contribution is 2.22. The first-order valence-electron chi connectivity index (χ1n) is 10.5. The fraction of sp³-hybridized carbons (Fsp3) is 0.435. The third-order valence-corrected chi connectivity index (χ3v) is 7.17. The molecule has 1 aliphatic heterocycles. The van der Waals surface area contributed by atoms with Crippen molar-refractivity contribution in [3.63, 3.8) is 0 Å². The summed E-state index contributed by atoms with van der Waals surface area (Å²) < 4.78 is 33.2.